The fourth-order valence-electron chi connectivity index (χ4n) is 1.84. The molecule has 1 aromatic heterocycles. The Morgan fingerprint density at radius 2 is 2.00 bits per heavy atom. The molecule has 0 saturated carbocycles. The third-order valence-corrected chi connectivity index (χ3v) is 2.86. The van der Waals surface area contributed by atoms with E-state index in [1.807, 2.05) is 0 Å². The van der Waals surface area contributed by atoms with E-state index in [2.05, 4.69) is 11.1 Å². The quantitative estimate of drug-likeness (QED) is 0.873. The maximum Gasteiger partial charge on any atom is 0.267 e. The molecule has 0 unspecified atom stereocenters. The number of nitrogens with zero attached hydrogens (tertiary/aromatic N) is 3. The van der Waals surface area contributed by atoms with Crippen molar-refractivity contribution in [3.63, 3.8) is 0 Å². The minimum atomic E-state index is -0.631. The molecule has 6 nitrogen and oxygen atoms in total. The molecule has 1 amide bonds. The van der Waals surface area contributed by atoms with E-state index in [1.54, 1.807) is 42.3 Å². The number of amides is 1. The van der Waals surface area contributed by atoms with E-state index in [0.29, 0.717) is 22.8 Å². The van der Waals surface area contributed by atoms with Crippen LogP contribution in [0.25, 0.3) is 0 Å². The number of para-hydroxylation sites is 1. The SMILES string of the molecule is CN(c1ccccc1C#N)c1nc(C(N)=O)ccc1N. The van der Waals surface area contributed by atoms with Gasteiger partial charge in [-0.1, -0.05) is 12.1 Å². The summed E-state index contributed by atoms with van der Waals surface area (Å²) >= 11 is 0. The number of aromatic nitrogens is 1. The monoisotopic (exact) mass is 267 g/mol. The molecule has 100 valence electrons. The van der Waals surface area contributed by atoms with Gasteiger partial charge in [0.05, 0.1) is 16.9 Å². The molecule has 2 rings (SSSR count). The molecule has 0 saturated heterocycles. The minimum absolute atomic E-state index is 0.121. The number of primary amides is 1. The Morgan fingerprint density at radius 1 is 1.30 bits per heavy atom. The second kappa shape index (κ2) is 5.28. The molecule has 1 aromatic carbocycles. The van der Waals surface area contributed by atoms with Gasteiger partial charge >= 0.3 is 0 Å². The summed E-state index contributed by atoms with van der Waals surface area (Å²) in [6.07, 6.45) is 0. The van der Waals surface area contributed by atoms with Gasteiger partial charge in [0.1, 0.15) is 11.8 Å². The number of nitrogen functional groups attached to an aromatic ring is 1. The van der Waals surface area contributed by atoms with Gasteiger partial charge in [0, 0.05) is 7.05 Å². The summed E-state index contributed by atoms with van der Waals surface area (Å²) in [5.74, 6) is -0.253. The molecule has 0 atom stereocenters. The van der Waals surface area contributed by atoms with Crippen LogP contribution < -0.4 is 16.4 Å². The number of pyridine rings is 1. The average molecular weight is 267 g/mol. The lowest BCUT2D eigenvalue weighted by atomic mass is 10.1. The third-order valence-electron chi connectivity index (χ3n) is 2.86. The zero-order valence-corrected chi connectivity index (χ0v) is 10.9. The predicted octanol–water partition coefficient (Wildman–Crippen LogP) is 1.40. The largest absolute Gasteiger partial charge is 0.396 e. The number of benzene rings is 1. The van der Waals surface area contributed by atoms with Crippen molar-refractivity contribution in [1.29, 1.82) is 5.26 Å². The van der Waals surface area contributed by atoms with E-state index < -0.39 is 5.91 Å². The molecule has 4 N–H and O–H groups in total. The highest BCUT2D eigenvalue weighted by Gasteiger charge is 2.14. The highest BCUT2D eigenvalue weighted by Crippen LogP contribution is 2.29. The number of nitriles is 1. The first-order chi connectivity index (χ1) is 9.54. The van der Waals surface area contributed by atoms with Crippen LogP contribution in [0.5, 0.6) is 0 Å². The van der Waals surface area contributed by atoms with Crippen molar-refractivity contribution in [1.82, 2.24) is 4.98 Å². The van der Waals surface area contributed by atoms with Crippen molar-refractivity contribution in [2.45, 2.75) is 0 Å². The summed E-state index contributed by atoms with van der Waals surface area (Å²) in [6.45, 7) is 0. The van der Waals surface area contributed by atoms with Crippen LogP contribution in [-0.4, -0.2) is 17.9 Å². The molecular weight excluding hydrogens is 254 g/mol. The first-order valence-corrected chi connectivity index (χ1v) is 5.83. The van der Waals surface area contributed by atoms with Crippen LogP contribution in [0.2, 0.25) is 0 Å². The van der Waals surface area contributed by atoms with Crippen molar-refractivity contribution in [2.24, 2.45) is 5.73 Å². The van der Waals surface area contributed by atoms with Crippen LogP contribution in [0.1, 0.15) is 16.1 Å². The Kier molecular flexibility index (Phi) is 3.53. The van der Waals surface area contributed by atoms with Crippen LogP contribution in [0.15, 0.2) is 36.4 Å². The third kappa shape index (κ3) is 2.37. The van der Waals surface area contributed by atoms with Gasteiger partial charge in [-0.3, -0.25) is 4.79 Å². The van der Waals surface area contributed by atoms with E-state index in [-0.39, 0.29) is 5.69 Å². The van der Waals surface area contributed by atoms with Gasteiger partial charge in [0.25, 0.3) is 5.91 Å². The predicted molar refractivity (Wildman–Crippen MR) is 76.4 cm³/mol. The Balaban J connectivity index is 2.53. The van der Waals surface area contributed by atoms with Crippen molar-refractivity contribution in [2.75, 3.05) is 17.7 Å². The van der Waals surface area contributed by atoms with Crippen molar-refractivity contribution in [3.8, 4) is 6.07 Å². The Morgan fingerprint density at radius 3 is 2.65 bits per heavy atom. The minimum Gasteiger partial charge on any atom is -0.396 e. The van der Waals surface area contributed by atoms with Crippen molar-refractivity contribution < 1.29 is 4.79 Å². The highest BCUT2D eigenvalue weighted by molar-refractivity contribution is 5.92. The van der Waals surface area contributed by atoms with E-state index in [1.165, 1.54) is 6.07 Å². The molecule has 0 spiro atoms. The van der Waals surface area contributed by atoms with Crippen LogP contribution in [0.4, 0.5) is 17.2 Å². The Bertz CT molecular complexity index is 705. The number of hydrogen-bond acceptors (Lipinski definition) is 5. The first kappa shape index (κ1) is 13.4. The van der Waals surface area contributed by atoms with Crippen LogP contribution in [-0.2, 0) is 0 Å². The lowest BCUT2D eigenvalue weighted by molar-refractivity contribution is 0.0995. The molecular formula is C14H13N5O. The van der Waals surface area contributed by atoms with Gasteiger partial charge in [0.2, 0.25) is 0 Å². The smallest absolute Gasteiger partial charge is 0.267 e. The molecule has 1 heterocycles. The molecule has 0 radical (unpaired) electrons. The first-order valence-electron chi connectivity index (χ1n) is 5.83. The van der Waals surface area contributed by atoms with Crippen LogP contribution in [0, 0.1) is 11.3 Å². The van der Waals surface area contributed by atoms with Gasteiger partial charge in [-0.2, -0.15) is 5.26 Å². The number of rotatable bonds is 3. The van der Waals surface area contributed by atoms with Crippen LogP contribution in [0.3, 0.4) is 0 Å². The molecule has 6 heteroatoms. The number of carbonyl (C=O) groups excluding carboxylic acids is 1. The van der Waals surface area contributed by atoms with Gasteiger partial charge in [-0.05, 0) is 24.3 Å². The lowest BCUT2D eigenvalue weighted by Gasteiger charge is -2.21. The number of carbonyl (C=O) groups is 1. The summed E-state index contributed by atoms with van der Waals surface area (Å²) in [7, 11) is 1.72. The second-order valence-electron chi connectivity index (χ2n) is 4.16. The standard InChI is InChI=1S/C14H13N5O/c1-19(12-5-3-2-4-9(12)8-15)14-10(16)6-7-11(18-14)13(17)20/h2-7H,16H2,1H3,(H2,17,20). The average Bonchev–Trinajstić information content (AvgIpc) is 2.46. The van der Waals surface area contributed by atoms with Crippen LogP contribution >= 0.6 is 0 Å². The summed E-state index contributed by atoms with van der Waals surface area (Å²) in [6, 6.07) is 12.2. The molecule has 20 heavy (non-hydrogen) atoms. The highest BCUT2D eigenvalue weighted by atomic mass is 16.1. The summed E-state index contributed by atoms with van der Waals surface area (Å²) in [5.41, 5.74) is 12.7. The molecule has 0 aliphatic heterocycles. The fraction of sp³-hybridized carbons (Fsp3) is 0.0714. The number of nitrogens with two attached hydrogens (primary N) is 2. The maximum absolute atomic E-state index is 11.2. The topological polar surface area (TPSA) is 109 Å². The van der Waals surface area contributed by atoms with Crippen molar-refractivity contribution in [3.05, 3.63) is 47.7 Å². The Labute approximate surface area is 116 Å². The molecule has 0 fully saturated rings. The van der Waals surface area contributed by atoms with E-state index in [0.717, 1.165) is 0 Å². The van der Waals surface area contributed by atoms with Gasteiger partial charge in [0.15, 0.2) is 5.82 Å². The summed E-state index contributed by atoms with van der Waals surface area (Å²) in [5, 5.41) is 9.12. The molecule has 0 aliphatic rings. The zero-order valence-electron chi connectivity index (χ0n) is 10.9. The summed E-state index contributed by atoms with van der Waals surface area (Å²) in [4.78, 5) is 17.0. The Hall–Kier alpha value is -3.07. The maximum atomic E-state index is 11.2. The van der Waals surface area contributed by atoms with Crippen molar-refractivity contribution >= 4 is 23.1 Å². The summed E-state index contributed by atoms with van der Waals surface area (Å²) < 4.78 is 0. The van der Waals surface area contributed by atoms with E-state index in [9.17, 15) is 4.79 Å². The molecule has 0 aliphatic carbocycles. The van der Waals surface area contributed by atoms with Gasteiger partial charge in [-0.15, -0.1) is 0 Å². The van der Waals surface area contributed by atoms with Gasteiger partial charge in [-0.25, -0.2) is 4.98 Å². The molecule has 0 bridgehead atoms. The normalized spacial score (nSPS) is 9.80. The molecule has 2 aromatic rings. The fourth-order valence-corrected chi connectivity index (χ4v) is 1.84. The number of anilines is 3. The van der Waals surface area contributed by atoms with E-state index >= 15 is 0 Å². The lowest BCUT2D eigenvalue weighted by Crippen LogP contribution is -2.19. The zero-order chi connectivity index (χ0) is 14.7. The second-order valence-corrected chi connectivity index (χ2v) is 4.16. The number of hydrogen-bond donors (Lipinski definition) is 2. The van der Waals surface area contributed by atoms with Gasteiger partial charge < -0.3 is 16.4 Å². The van der Waals surface area contributed by atoms with E-state index in [4.69, 9.17) is 16.7 Å².